The lowest BCUT2D eigenvalue weighted by Gasteiger charge is -2.06. The summed E-state index contributed by atoms with van der Waals surface area (Å²) in [6.45, 7) is 0.270. The second kappa shape index (κ2) is 4.11. The minimum Gasteiger partial charge on any atom is -0.340 e. The molecule has 0 bridgehead atoms. The summed E-state index contributed by atoms with van der Waals surface area (Å²) in [5.41, 5.74) is 0.680. The van der Waals surface area contributed by atoms with E-state index in [4.69, 9.17) is 6.42 Å². The molecule has 1 amide bonds. The van der Waals surface area contributed by atoms with Crippen molar-refractivity contribution in [2.75, 3.05) is 6.54 Å². The molecule has 0 atom stereocenters. The van der Waals surface area contributed by atoms with E-state index in [9.17, 15) is 4.79 Å². The summed E-state index contributed by atoms with van der Waals surface area (Å²) in [5, 5.41) is 2.67. The maximum Gasteiger partial charge on any atom is 0.268 e. The minimum atomic E-state index is -0.106. The van der Waals surface area contributed by atoms with Crippen LogP contribution in [-0.4, -0.2) is 17.0 Å². The molecule has 0 unspecified atom stereocenters. The average molecular weight is 267 g/mol. The normalized spacial score (nSPS) is 14.7. The first-order chi connectivity index (χ1) is 7.22. The molecule has 1 saturated carbocycles. The largest absolute Gasteiger partial charge is 0.340 e. The Morgan fingerprint density at radius 2 is 2.47 bits per heavy atom. The van der Waals surface area contributed by atoms with Gasteiger partial charge in [-0.15, -0.1) is 6.42 Å². The van der Waals surface area contributed by atoms with E-state index >= 15 is 0 Å². The minimum absolute atomic E-state index is 0.106. The summed E-state index contributed by atoms with van der Waals surface area (Å²) in [7, 11) is 0. The van der Waals surface area contributed by atoms with Crippen LogP contribution in [0, 0.1) is 12.3 Å². The Bertz CT molecular complexity index is 426. The van der Waals surface area contributed by atoms with E-state index in [0.29, 0.717) is 11.7 Å². The van der Waals surface area contributed by atoms with Gasteiger partial charge in [0, 0.05) is 16.7 Å². The van der Waals surface area contributed by atoms with Crippen molar-refractivity contribution >= 4 is 21.8 Å². The summed E-state index contributed by atoms with van der Waals surface area (Å²) in [5.74, 6) is 2.28. The number of terminal acetylenes is 1. The molecular weight excluding hydrogens is 256 g/mol. The number of hydrogen-bond acceptors (Lipinski definition) is 1. The molecule has 1 aromatic rings. The zero-order chi connectivity index (χ0) is 10.8. The van der Waals surface area contributed by atoms with E-state index in [1.54, 1.807) is 0 Å². The highest BCUT2D eigenvalue weighted by atomic mass is 79.9. The Labute approximate surface area is 97.0 Å². The Morgan fingerprint density at radius 3 is 3.07 bits per heavy atom. The van der Waals surface area contributed by atoms with Crippen LogP contribution in [0.15, 0.2) is 16.7 Å². The van der Waals surface area contributed by atoms with Crippen molar-refractivity contribution in [1.29, 1.82) is 0 Å². The molecule has 0 aromatic carbocycles. The van der Waals surface area contributed by atoms with Crippen molar-refractivity contribution < 1.29 is 4.79 Å². The van der Waals surface area contributed by atoms with E-state index in [-0.39, 0.29) is 12.5 Å². The Hall–Kier alpha value is -1.21. The smallest absolute Gasteiger partial charge is 0.268 e. The number of aromatic nitrogens is 1. The number of amides is 1. The van der Waals surface area contributed by atoms with E-state index < -0.39 is 0 Å². The number of nitrogens with zero attached hydrogens (tertiary/aromatic N) is 1. The monoisotopic (exact) mass is 266 g/mol. The molecule has 0 radical (unpaired) electrons. The standard InChI is InChI=1S/C11H11BrN2O/c1-2-5-13-11(15)10-6-8(12)7-14(10)9-3-4-9/h1,6-7,9H,3-5H2,(H,13,15). The first-order valence-electron chi connectivity index (χ1n) is 4.81. The van der Waals surface area contributed by atoms with Crippen LogP contribution in [0.4, 0.5) is 0 Å². The van der Waals surface area contributed by atoms with Gasteiger partial charge >= 0.3 is 0 Å². The number of carbonyl (C=O) groups excluding carboxylic acids is 1. The van der Waals surface area contributed by atoms with Crippen molar-refractivity contribution in [3.8, 4) is 12.3 Å². The fourth-order valence-electron chi connectivity index (χ4n) is 1.50. The van der Waals surface area contributed by atoms with Crippen LogP contribution in [0.3, 0.4) is 0 Å². The molecule has 78 valence electrons. The molecule has 0 saturated heterocycles. The van der Waals surface area contributed by atoms with Crippen LogP contribution >= 0.6 is 15.9 Å². The molecule has 3 nitrogen and oxygen atoms in total. The number of hydrogen-bond donors (Lipinski definition) is 1. The predicted octanol–water partition coefficient (Wildman–Crippen LogP) is 1.95. The van der Waals surface area contributed by atoms with Crippen molar-refractivity contribution in [1.82, 2.24) is 9.88 Å². The van der Waals surface area contributed by atoms with Gasteiger partial charge in [0.1, 0.15) is 5.69 Å². The number of rotatable bonds is 3. The summed E-state index contributed by atoms with van der Waals surface area (Å²) in [6, 6.07) is 2.31. The van der Waals surface area contributed by atoms with Gasteiger partial charge in [-0.25, -0.2) is 0 Å². The van der Waals surface area contributed by atoms with Crippen LogP contribution < -0.4 is 5.32 Å². The molecule has 1 fully saturated rings. The van der Waals surface area contributed by atoms with Crippen molar-refractivity contribution in [3.63, 3.8) is 0 Å². The van der Waals surface area contributed by atoms with Crippen LogP contribution in [0.25, 0.3) is 0 Å². The summed E-state index contributed by atoms with van der Waals surface area (Å²) >= 11 is 3.37. The van der Waals surface area contributed by atoms with E-state index in [0.717, 1.165) is 17.3 Å². The first kappa shape index (κ1) is 10.3. The van der Waals surface area contributed by atoms with Crippen molar-refractivity contribution in [2.24, 2.45) is 0 Å². The molecular formula is C11H11BrN2O. The van der Waals surface area contributed by atoms with Gasteiger partial charge in [-0.05, 0) is 34.8 Å². The first-order valence-corrected chi connectivity index (χ1v) is 5.60. The SMILES string of the molecule is C#CCNC(=O)c1cc(Br)cn1C1CC1. The molecule has 0 aliphatic heterocycles. The molecule has 1 heterocycles. The third-order valence-corrected chi connectivity index (χ3v) is 2.77. The topological polar surface area (TPSA) is 34.0 Å². The highest BCUT2D eigenvalue weighted by molar-refractivity contribution is 9.10. The second-order valence-corrected chi connectivity index (χ2v) is 4.48. The van der Waals surface area contributed by atoms with Crippen LogP contribution in [0.5, 0.6) is 0 Å². The molecule has 15 heavy (non-hydrogen) atoms. The van der Waals surface area contributed by atoms with Crippen LogP contribution in [0.2, 0.25) is 0 Å². The maximum absolute atomic E-state index is 11.7. The highest BCUT2D eigenvalue weighted by Gasteiger charge is 2.27. The maximum atomic E-state index is 11.7. The average Bonchev–Trinajstić information content (AvgIpc) is 2.98. The Morgan fingerprint density at radius 1 is 1.73 bits per heavy atom. The lowest BCUT2D eigenvalue weighted by molar-refractivity contribution is 0.0949. The quantitative estimate of drug-likeness (QED) is 0.834. The third-order valence-electron chi connectivity index (χ3n) is 2.34. The van der Waals surface area contributed by atoms with Gasteiger partial charge in [0.2, 0.25) is 0 Å². The lowest BCUT2D eigenvalue weighted by atomic mass is 10.4. The van der Waals surface area contributed by atoms with Gasteiger partial charge in [-0.3, -0.25) is 4.79 Å². The molecule has 1 aromatic heterocycles. The number of halogens is 1. The van der Waals surface area contributed by atoms with Crippen molar-refractivity contribution in [2.45, 2.75) is 18.9 Å². The van der Waals surface area contributed by atoms with Gasteiger partial charge in [0.15, 0.2) is 0 Å². The fraction of sp³-hybridized carbons (Fsp3) is 0.364. The summed E-state index contributed by atoms with van der Waals surface area (Å²) in [4.78, 5) is 11.7. The van der Waals surface area contributed by atoms with Gasteiger partial charge in [-0.2, -0.15) is 0 Å². The van der Waals surface area contributed by atoms with E-state index in [1.165, 1.54) is 0 Å². The third kappa shape index (κ3) is 2.24. The molecule has 4 heteroatoms. The fourth-order valence-corrected chi connectivity index (χ4v) is 1.94. The number of carbonyl (C=O) groups is 1. The van der Waals surface area contributed by atoms with Crippen molar-refractivity contribution in [3.05, 3.63) is 22.4 Å². The second-order valence-electron chi connectivity index (χ2n) is 3.57. The van der Waals surface area contributed by atoms with Gasteiger partial charge in [-0.1, -0.05) is 5.92 Å². The van der Waals surface area contributed by atoms with Gasteiger partial charge < -0.3 is 9.88 Å². The predicted molar refractivity (Wildman–Crippen MR) is 61.6 cm³/mol. The molecule has 1 N–H and O–H groups in total. The molecule has 1 aliphatic carbocycles. The van der Waals surface area contributed by atoms with E-state index in [2.05, 4.69) is 27.2 Å². The van der Waals surface area contributed by atoms with Gasteiger partial charge in [0.25, 0.3) is 5.91 Å². The van der Waals surface area contributed by atoms with Crippen LogP contribution in [0.1, 0.15) is 29.4 Å². The summed E-state index contributed by atoms with van der Waals surface area (Å²) < 4.78 is 2.94. The lowest BCUT2D eigenvalue weighted by Crippen LogP contribution is -2.25. The number of nitrogens with one attached hydrogen (secondary N) is 1. The molecule has 1 aliphatic rings. The van der Waals surface area contributed by atoms with E-state index in [1.807, 2.05) is 16.8 Å². The Kier molecular flexibility index (Phi) is 2.83. The zero-order valence-electron chi connectivity index (χ0n) is 8.16. The van der Waals surface area contributed by atoms with Gasteiger partial charge in [0.05, 0.1) is 6.54 Å². The zero-order valence-corrected chi connectivity index (χ0v) is 9.75. The molecule has 2 rings (SSSR count). The molecule has 0 spiro atoms. The van der Waals surface area contributed by atoms with Crippen LogP contribution in [-0.2, 0) is 0 Å². The Balaban J connectivity index is 2.19. The highest BCUT2D eigenvalue weighted by Crippen LogP contribution is 2.37. The summed E-state index contributed by atoms with van der Waals surface area (Å²) in [6.07, 6.45) is 9.34.